The average molecular weight is 396 g/mol. The SMILES string of the molecule is CC(C)(C)OC(=O)NC(CCC(=O)NCCCCCc1nncnn1)C(=O)O. The first-order valence-electron chi connectivity index (χ1n) is 9.15. The minimum absolute atomic E-state index is 0.0119. The smallest absolute Gasteiger partial charge is 0.408 e. The van der Waals surface area contributed by atoms with E-state index in [4.69, 9.17) is 4.74 Å². The summed E-state index contributed by atoms with van der Waals surface area (Å²) in [5.41, 5.74) is -0.732. The Hall–Kier alpha value is -2.85. The van der Waals surface area contributed by atoms with Gasteiger partial charge < -0.3 is 20.5 Å². The highest BCUT2D eigenvalue weighted by atomic mass is 16.6. The quantitative estimate of drug-likeness (QED) is 0.461. The van der Waals surface area contributed by atoms with E-state index in [9.17, 15) is 19.5 Å². The van der Waals surface area contributed by atoms with Crippen molar-refractivity contribution >= 4 is 18.0 Å². The number of carbonyl (C=O) groups excluding carboxylic acids is 2. The van der Waals surface area contributed by atoms with Crippen molar-refractivity contribution in [2.45, 2.75) is 70.9 Å². The first-order chi connectivity index (χ1) is 13.2. The molecule has 1 aromatic rings. The molecule has 1 heterocycles. The summed E-state index contributed by atoms with van der Waals surface area (Å²) in [7, 11) is 0. The lowest BCUT2D eigenvalue weighted by molar-refractivity contribution is -0.139. The van der Waals surface area contributed by atoms with Gasteiger partial charge in [-0.2, -0.15) is 0 Å². The fourth-order valence-electron chi connectivity index (χ4n) is 2.21. The van der Waals surface area contributed by atoms with Crippen molar-refractivity contribution in [2.75, 3.05) is 6.54 Å². The third-order valence-electron chi connectivity index (χ3n) is 3.50. The van der Waals surface area contributed by atoms with Gasteiger partial charge in [-0.1, -0.05) is 6.42 Å². The third-order valence-corrected chi connectivity index (χ3v) is 3.50. The Bertz CT molecular complexity index is 635. The molecule has 1 rings (SSSR count). The number of aromatic nitrogens is 4. The highest BCUT2D eigenvalue weighted by Crippen LogP contribution is 2.08. The zero-order chi connectivity index (χ0) is 21.0. The van der Waals surface area contributed by atoms with Gasteiger partial charge in [0.15, 0.2) is 12.2 Å². The van der Waals surface area contributed by atoms with Crippen LogP contribution >= 0.6 is 0 Å². The van der Waals surface area contributed by atoms with Crippen LogP contribution in [0.5, 0.6) is 0 Å². The van der Waals surface area contributed by atoms with Crippen molar-refractivity contribution in [1.82, 2.24) is 31.0 Å². The topological polar surface area (TPSA) is 156 Å². The Morgan fingerprint density at radius 1 is 1.14 bits per heavy atom. The van der Waals surface area contributed by atoms with E-state index in [1.54, 1.807) is 20.8 Å². The number of ether oxygens (including phenoxy) is 1. The van der Waals surface area contributed by atoms with Gasteiger partial charge in [-0.15, -0.1) is 20.4 Å². The lowest BCUT2D eigenvalue weighted by Crippen LogP contribution is -2.44. The Balaban J connectivity index is 2.18. The molecule has 1 aromatic heterocycles. The highest BCUT2D eigenvalue weighted by molar-refractivity contribution is 5.81. The molecular weight excluding hydrogens is 368 g/mol. The van der Waals surface area contributed by atoms with E-state index in [0.29, 0.717) is 18.8 Å². The Morgan fingerprint density at radius 3 is 2.43 bits per heavy atom. The molecule has 1 unspecified atom stereocenters. The first-order valence-corrected chi connectivity index (χ1v) is 9.15. The minimum Gasteiger partial charge on any atom is -0.480 e. The van der Waals surface area contributed by atoms with Gasteiger partial charge in [-0.25, -0.2) is 9.59 Å². The van der Waals surface area contributed by atoms with E-state index in [0.717, 1.165) is 19.3 Å². The molecule has 0 spiro atoms. The van der Waals surface area contributed by atoms with Crippen LogP contribution in [-0.2, 0) is 20.7 Å². The van der Waals surface area contributed by atoms with Crippen molar-refractivity contribution in [3.8, 4) is 0 Å². The van der Waals surface area contributed by atoms with Crippen LogP contribution < -0.4 is 10.6 Å². The summed E-state index contributed by atoms with van der Waals surface area (Å²) < 4.78 is 5.03. The maximum atomic E-state index is 11.9. The second kappa shape index (κ2) is 11.8. The number of rotatable bonds is 11. The molecule has 0 fully saturated rings. The summed E-state index contributed by atoms with van der Waals surface area (Å²) in [5, 5.41) is 29.2. The zero-order valence-electron chi connectivity index (χ0n) is 16.5. The van der Waals surface area contributed by atoms with Crippen molar-refractivity contribution < 1.29 is 24.2 Å². The summed E-state index contributed by atoms with van der Waals surface area (Å²) in [4.78, 5) is 34.8. The van der Waals surface area contributed by atoms with Crippen LogP contribution in [-0.4, -0.2) is 61.7 Å². The Morgan fingerprint density at radius 2 is 1.82 bits per heavy atom. The molecule has 11 nitrogen and oxygen atoms in total. The molecule has 1 atom stereocenters. The number of hydrogen-bond donors (Lipinski definition) is 3. The van der Waals surface area contributed by atoms with E-state index >= 15 is 0 Å². The number of aliphatic carboxylic acids is 1. The molecule has 2 amide bonds. The van der Waals surface area contributed by atoms with Gasteiger partial charge in [-0.3, -0.25) is 4.79 Å². The van der Waals surface area contributed by atoms with E-state index in [1.165, 1.54) is 6.33 Å². The standard InChI is InChI=1S/C17H28N6O5/c1-17(2,3)28-16(27)21-12(15(25)26)8-9-14(24)18-10-6-4-5-7-13-22-19-11-20-23-13/h11-12H,4-10H2,1-3H3,(H,18,24)(H,21,27)(H,25,26). The van der Waals surface area contributed by atoms with Gasteiger partial charge in [0.25, 0.3) is 0 Å². The molecular formula is C17H28N6O5. The normalized spacial score (nSPS) is 12.1. The second-order valence-corrected chi connectivity index (χ2v) is 7.20. The summed E-state index contributed by atoms with van der Waals surface area (Å²) in [5.74, 6) is -0.897. The van der Waals surface area contributed by atoms with Gasteiger partial charge in [0.2, 0.25) is 5.91 Å². The maximum absolute atomic E-state index is 11.9. The fraction of sp³-hybridized carbons (Fsp3) is 0.706. The van der Waals surface area contributed by atoms with E-state index in [2.05, 4.69) is 31.0 Å². The Labute approximate surface area is 163 Å². The van der Waals surface area contributed by atoms with Crippen LogP contribution in [0.3, 0.4) is 0 Å². The molecule has 0 aliphatic rings. The number of hydrogen-bond acceptors (Lipinski definition) is 8. The van der Waals surface area contributed by atoms with Crippen molar-refractivity contribution in [1.29, 1.82) is 0 Å². The van der Waals surface area contributed by atoms with Crippen LogP contribution in [0.25, 0.3) is 0 Å². The summed E-state index contributed by atoms with van der Waals surface area (Å²) in [6.07, 6.45) is 3.59. The van der Waals surface area contributed by atoms with Gasteiger partial charge in [0.05, 0.1) is 0 Å². The van der Waals surface area contributed by atoms with E-state index < -0.39 is 23.7 Å². The summed E-state index contributed by atoms with van der Waals surface area (Å²) in [6, 6.07) is -1.19. The first kappa shape index (κ1) is 23.2. The average Bonchev–Trinajstić information content (AvgIpc) is 2.60. The number of aryl methyl sites for hydroxylation is 1. The predicted molar refractivity (Wildman–Crippen MR) is 98.2 cm³/mol. The highest BCUT2D eigenvalue weighted by Gasteiger charge is 2.24. The number of carbonyl (C=O) groups is 3. The van der Waals surface area contributed by atoms with Crippen LogP contribution in [0.1, 0.15) is 58.7 Å². The van der Waals surface area contributed by atoms with Crippen LogP contribution in [0.2, 0.25) is 0 Å². The van der Waals surface area contributed by atoms with Gasteiger partial charge in [0.1, 0.15) is 11.6 Å². The molecule has 0 aliphatic carbocycles. The molecule has 3 N–H and O–H groups in total. The molecule has 0 aliphatic heterocycles. The maximum Gasteiger partial charge on any atom is 0.408 e. The van der Waals surface area contributed by atoms with Crippen molar-refractivity contribution in [3.05, 3.63) is 12.2 Å². The van der Waals surface area contributed by atoms with Crippen molar-refractivity contribution in [3.63, 3.8) is 0 Å². The zero-order valence-corrected chi connectivity index (χ0v) is 16.5. The number of carboxylic acid groups (broad SMARTS) is 1. The van der Waals surface area contributed by atoms with E-state index in [1.807, 2.05) is 0 Å². The van der Waals surface area contributed by atoms with Crippen LogP contribution in [0.4, 0.5) is 4.79 Å². The number of amides is 2. The van der Waals surface area contributed by atoms with Gasteiger partial charge in [-0.05, 0) is 40.0 Å². The molecule has 28 heavy (non-hydrogen) atoms. The van der Waals surface area contributed by atoms with Gasteiger partial charge >= 0.3 is 12.1 Å². The molecule has 0 bridgehead atoms. The molecule has 0 saturated carbocycles. The molecule has 0 saturated heterocycles. The van der Waals surface area contributed by atoms with Crippen molar-refractivity contribution in [2.24, 2.45) is 0 Å². The Kier molecular flexibility index (Phi) is 9.75. The largest absolute Gasteiger partial charge is 0.480 e. The number of alkyl carbamates (subject to hydrolysis) is 1. The third kappa shape index (κ3) is 11.0. The second-order valence-electron chi connectivity index (χ2n) is 7.20. The monoisotopic (exact) mass is 396 g/mol. The number of nitrogens with zero attached hydrogens (tertiary/aromatic N) is 4. The number of unbranched alkanes of at least 4 members (excludes halogenated alkanes) is 2. The lowest BCUT2D eigenvalue weighted by atomic mass is 10.1. The van der Waals surface area contributed by atoms with Gasteiger partial charge in [0, 0.05) is 19.4 Å². The van der Waals surface area contributed by atoms with Crippen LogP contribution in [0.15, 0.2) is 6.33 Å². The molecule has 11 heteroatoms. The summed E-state index contributed by atoms with van der Waals surface area (Å²) in [6.45, 7) is 5.52. The van der Waals surface area contributed by atoms with Crippen LogP contribution in [0, 0.1) is 0 Å². The predicted octanol–water partition coefficient (Wildman–Crippen LogP) is 0.854. The molecule has 156 valence electrons. The summed E-state index contributed by atoms with van der Waals surface area (Å²) >= 11 is 0. The molecule has 0 aromatic carbocycles. The minimum atomic E-state index is -1.22. The number of carboxylic acids is 1. The molecule has 0 radical (unpaired) electrons. The lowest BCUT2D eigenvalue weighted by Gasteiger charge is -2.21. The van der Waals surface area contributed by atoms with E-state index in [-0.39, 0.29) is 18.7 Å². The fourth-order valence-corrected chi connectivity index (χ4v) is 2.21. The number of nitrogens with one attached hydrogen (secondary N) is 2.